The molecule has 0 aliphatic carbocycles. The van der Waals surface area contributed by atoms with Crippen LogP contribution in [0.1, 0.15) is 62.3 Å². The Hall–Kier alpha value is -3.11. The van der Waals surface area contributed by atoms with Gasteiger partial charge in [0.05, 0.1) is 0 Å². The van der Waals surface area contributed by atoms with Crippen molar-refractivity contribution in [2.24, 2.45) is 0 Å². The Labute approximate surface area is 217 Å². The Balaban J connectivity index is 1.35. The van der Waals surface area contributed by atoms with Gasteiger partial charge in [-0.2, -0.15) is 0 Å². The molecule has 3 aromatic carbocycles. The Morgan fingerprint density at radius 2 is 1.36 bits per heavy atom. The summed E-state index contributed by atoms with van der Waals surface area (Å²) >= 11 is 0. The van der Waals surface area contributed by atoms with Crippen LogP contribution >= 0.6 is 0 Å². The monoisotopic (exact) mass is 487 g/mol. The van der Waals surface area contributed by atoms with Gasteiger partial charge in [-0.25, -0.2) is 0 Å². The Morgan fingerprint density at radius 3 is 2.08 bits per heavy atom. The van der Waals surface area contributed by atoms with E-state index in [0.717, 1.165) is 50.9 Å². The number of aryl methyl sites for hydroxylation is 2. The fourth-order valence-corrected chi connectivity index (χ4v) is 4.01. The summed E-state index contributed by atoms with van der Waals surface area (Å²) < 4.78 is 11.5. The highest BCUT2D eigenvalue weighted by Crippen LogP contribution is 2.20. The van der Waals surface area contributed by atoms with E-state index in [2.05, 4.69) is 72.0 Å². The highest BCUT2D eigenvalue weighted by Gasteiger charge is 2.15. The minimum absolute atomic E-state index is 0.115. The first kappa shape index (κ1) is 27.5. The van der Waals surface area contributed by atoms with Crippen molar-refractivity contribution in [3.8, 4) is 5.75 Å². The summed E-state index contributed by atoms with van der Waals surface area (Å²) in [6.45, 7) is 8.03. The molecule has 0 unspecified atom stereocenters. The van der Waals surface area contributed by atoms with Crippen LogP contribution in [0, 0.1) is 0 Å². The van der Waals surface area contributed by atoms with Crippen molar-refractivity contribution >= 4 is 5.97 Å². The lowest BCUT2D eigenvalue weighted by Gasteiger charge is -2.19. The van der Waals surface area contributed by atoms with E-state index in [1.54, 1.807) is 0 Å². The van der Waals surface area contributed by atoms with Crippen LogP contribution in [0.3, 0.4) is 0 Å². The molecule has 0 saturated carbocycles. The zero-order valence-corrected chi connectivity index (χ0v) is 22.1. The molecule has 0 radical (unpaired) electrons. The van der Waals surface area contributed by atoms with Crippen LogP contribution in [0.4, 0.5) is 0 Å². The maximum atomic E-state index is 11.8. The van der Waals surface area contributed by atoms with Gasteiger partial charge in [-0.1, -0.05) is 72.8 Å². The lowest BCUT2D eigenvalue weighted by atomic mass is 10.0. The molecule has 3 rings (SSSR count). The van der Waals surface area contributed by atoms with Crippen LogP contribution < -0.4 is 10.1 Å². The topological polar surface area (TPSA) is 47.6 Å². The Bertz CT molecular complexity index is 1040. The molecule has 3 aromatic rings. The number of rotatable bonds is 14. The molecule has 4 heteroatoms. The minimum Gasteiger partial charge on any atom is -0.489 e. The van der Waals surface area contributed by atoms with Gasteiger partial charge in [0.1, 0.15) is 18.0 Å². The first-order chi connectivity index (χ1) is 17.4. The van der Waals surface area contributed by atoms with Gasteiger partial charge in [0.2, 0.25) is 0 Å². The lowest BCUT2D eigenvalue weighted by Crippen LogP contribution is -2.24. The number of benzene rings is 3. The highest BCUT2D eigenvalue weighted by molar-refractivity contribution is 5.69. The summed E-state index contributed by atoms with van der Waals surface area (Å²) in [7, 11) is 0. The maximum Gasteiger partial charge on any atom is 0.306 e. The smallest absolute Gasteiger partial charge is 0.306 e. The molecule has 4 nitrogen and oxygen atoms in total. The predicted octanol–water partition coefficient (Wildman–Crippen LogP) is 6.69. The van der Waals surface area contributed by atoms with E-state index in [9.17, 15) is 4.79 Å². The molecular formula is C32H41NO3. The summed E-state index contributed by atoms with van der Waals surface area (Å²) in [6, 6.07) is 27.6. The second-order valence-corrected chi connectivity index (χ2v) is 10.2. The van der Waals surface area contributed by atoms with E-state index in [1.807, 2.05) is 32.9 Å². The molecular weight excluding hydrogens is 446 g/mol. The number of ether oxygens (including phenoxy) is 2. The molecule has 0 spiro atoms. The molecule has 0 saturated heterocycles. The summed E-state index contributed by atoms with van der Waals surface area (Å²) in [5, 5.41) is 3.48. The molecule has 0 amide bonds. The lowest BCUT2D eigenvalue weighted by molar-refractivity contribution is -0.154. The molecule has 0 aliphatic heterocycles. The summed E-state index contributed by atoms with van der Waals surface area (Å²) in [6.07, 6.45) is 5.28. The number of hydrogen-bond donors (Lipinski definition) is 1. The van der Waals surface area contributed by atoms with Crippen molar-refractivity contribution in [3.05, 3.63) is 101 Å². The fourth-order valence-electron chi connectivity index (χ4n) is 4.01. The number of carbonyl (C=O) groups is 1. The molecule has 1 N–H and O–H groups in total. The number of unbranched alkanes of at least 4 members (excludes halogenated alkanes) is 1. The average molecular weight is 488 g/mol. The number of para-hydroxylation sites is 1. The van der Waals surface area contributed by atoms with Crippen LogP contribution in [-0.4, -0.2) is 24.7 Å². The van der Waals surface area contributed by atoms with Crippen molar-refractivity contribution in [2.75, 3.05) is 13.1 Å². The van der Waals surface area contributed by atoms with Crippen LogP contribution in [0.25, 0.3) is 0 Å². The van der Waals surface area contributed by atoms with Crippen molar-refractivity contribution in [3.63, 3.8) is 0 Å². The highest BCUT2D eigenvalue weighted by atomic mass is 16.6. The molecule has 0 atom stereocenters. The van der Waals surface area contributed by atoms with Gasteiger partial charge in [-0.3, -0.25) is 4.79 Å². The van der Waals surface area contributed by atoms with Crippen molar-refractivity contribution in [2.45, 2.75) is 71.5 Å². The summed E-state index contributed by atoms with van der Waals surface area (Å²) in [5.41, 5.74) is 4.70. The number of esters is 1. The van der Waals surface area contributed by atoms with Crippen molar-refractivity contribution in [1.29, 1.82) is 0 Å². The number of carbonyl (C=O) groups excluding carboxylic acids is 1. The third-order valence-electron chi connectivity index (χ3n) is 5.91. The molecule has 36 heavy (non-hydrogen) atoms. The minimum atomic E-state index is -0.406. The van der Waals surface area contributed by atoms with Gasteiger partial charge in [-0.15, -0.1) is 0 Å². The molecule has 0 heterocycles. The fraction of sp³-hybridized carbons (Fsp3) is 0.406. The number of nitrogens with one attached hydrogen (secondary N) is 1. The summed E-state index contributed by atoms with van der Waals surface area (Å²) in [4.78, 5) is 11.8. The number of hydrogen-bond acceptors (Lipinski definition) is 4. The van der Waals surface area contributed by atoms with Crippen LogP contribution in [0.15, 0.2) is 78.9 Å². The SMILES string of the molecule is CC(C)(C)OC(=O)CCCCNCCc1ccccc1OCc1ccc(CCc2ccccc2)cc1. The zero-order chi connectivity index (χ0) is 25.6. The van der Waals surface area contributed by atoms with E-state index < -0.39 is 5.60 Å². The van der Waals surface area contributed by atoms with E-state index in [0.29, 0.717) is 13.0 Å². The van der Waals surface area contributed by atoms with Crippen LogP contribution in [-0.2, 0) is 35.4 Å². The van der Waals surface area contributed by atoms with Gasteiger partial charge in [-0.05, 0) is 94.3 Å². The van der Waals surface area contributed by atoms with Crippen molar-refractivity contribution in [1.82, 2.24) is 5.32 Å². The predicted molar refractivity (Wildman–Crippen MR) is 147 cm³/mol. The van der Waals surface area contributed by atoms with Gasteiger partial charge in [0, 0.05) is 6.42 Å². The quantitative estimate of drug-likeness (QED) is 0.203. The molecule has 0 aromatic heterocycles. The van der Waals surface area contributed by atoms with E-state index in [4.69, 9.17) is 9.47 Å². The maximum absolute atomic E-state index is 11.8. The molecule has 0 bridgehead atoms. The normalized spacial score (nSPS) is 11.3. The standard InChI is InChI=1S/C32H41NO3/c1-32(2,3)36-31(34)15-9-10-23-33-24-22-29-13-7-8-14-30(29)35-25-28-20-18-27(19-21-28)17-16-26-11-5-4-6-12-26/h4-8,11-14,18-21,33H,9-10,15-17,22-25H2,1-3H3. The van der Waals surface area contributed by atoms with Crippen LogP contribution in [0.2, 0.25) is 0 Å². The van der Waals surface area contributed by atoms with E-state index in [1.165, 1.54) is 22.3 Å². The van der Waals surface area contributed by atoms with Gasteiger partial charge < -0.3 is 14.8 Å². The third kappa shape index (κ3) is 10.7. The largest absolute Gasteiger partial charge is 0.489 e. The average Bonchev–Trinajstić information content (AvgIpc) is 2.86. The second-order valence-electron chi connectivity index (χ2n) is 10.2. The Morgan fingerprint density at radius 1 is 0.722 bits per heavy atom. The second kappa shape index (κ2) is 14.4. The summed E-state index contributed by atoms with van der Waals surface area (Å²) in [5.74, 6) is 0.827. The van der Waals surface area contributed by atoms with Crippen LogP contribution in [0.5, 0.6) is 5.75 Å². The zero-order valence-electron chi connectivity index (χ0n) is 22.1. The first-order valence-corrected chi connectivity index (χ1v) is 13.1. The Kier molecular flexibility index (Phi) is 11.0. The first-order valence-electron chi connectivity index (χ1n) is 13.1. The van der Waals surface area contributed by atoms with E-state index in [-0.39, 0.29) is 5.97 Å². The van der Waals surface area contributed by atoms with E-state index >= 15 is 0 Å². The van der Waals surface area contributed by atoms with Gasteiger partial charge in [0.15, 0.2) is 0 Å². The van der Waals surface area contributed by atoms with Gasteiger partial charge >= 0.3 is 5.97 Å². The van der Waals surface area contributed by atoms with Gasteiger partial charge in [0.25, 0.3) is 0 Å². The van der Waals surface area contributed by atoms with Crippen molar-refractivity contribution < 1.29 is 14.3 Å². The third-order valence-corrected chi connectivity index (χ3v) is 5.91. The molecule has 192 valence electrons. The molecule has 0 fully saturated rings. The molecule has 0 aliphatic rings.